The van der Waals surface area contributed by atoms with Gasteiger partial charge in [0, 0.05) is 23.2 Å². The van der Waals surface area contributed by atoms with Crippen molar-refractivity contribution in [3.63, 3.8) is 0 Å². The molecule has 1 heterocycles. The number of halogens is 1. The van der Waals surface area contributed by atoms with E-state index in [0.717, 1.165) is 0 Å². The maximum atomic E-state index is 12.2. The highest BCUT2D eigenvalue weighted by Gasteiger charge is 2.10. The number of nitriles is 1. The van der Waals surface area contributed by atoms with Crippen LogP contribution in [0.1, 0.15) is 23.2 Å². The first kappa shape index (κ1) is 15.8. The van der Waals surface area contributed by atoms with E-state index in [4.69, 9.17) is 21.6 Å². The molecule has 5 nitrogen and oxygen atoms in total. The van der Waals surface area contributed by atoms with Crippen molar-refractivity contribution in [2.75, 3.05) is 11.9 Å². The summed E-state index contributed by atoms with van der Waals surface area (Å²) in [6.07, 6.45) is 2.61. The van der Waals surface area contributed by atoms with E-state index in [1.807, 2.05) is 0 Å². The normalized spacial score (nSPS) is 9.82. The monoisotopic (exact) mass is 315 g/mol. The van der Waals surface area contributed by atoms with Crippen LogP contribution in [0.4, 0.5) is 5.82 Å². The van der Waals surface area contributed by atoms with Crippen molar-refractivity contribution >= 4 is 23.3 Å². The van der Waals surface area contributed by atoms with E-state index in [1.54, 1.807) is 42.6 Å². The average Bonchev–Trinajstić information content (AvgIpc) is 2.53. The Hall–Kier alpha value is -2.58. The van der Waals surface area contributed by atoms with Crippen LogP contribution in [0.15, 0.2) is 42.6 Å². The Labute approximate surface area is 133 Å². The van der Waals surface area contributed by atoms with Crippen LogP contribution in [0.2, 0.25) is 5.02 Å². The molecule has 0 atom stereocenters. The molecule has 1 N–H and O–H groups in total. The molecule has 0 spiro atoms. The Balaban J connectivity index is 2.04. The molecule has 0 aliphatic rings. The summed E-state index contributed by atoms with van der Waals surface area (Å²) in [6, 6.07) is 12.0. The number of nitrogens with one attached hydrogen (secondary N) is 1. The minimum atomic E-state index is -0.294. The van der Waals surface area contributed by atoms with E-state index in [0.29, 0.717) is 41.6 Å². The largest absolute Gasteiger partial charge is 0.490 e. The van der Waals surface area contributed by atoms with E-state index in [2.05, 4.69) is 16.4 Å². The number of carbonyl (C=O) groups excluding carboxylic acids is 1. The molecule has 112 valence electrons. The Bertz CT molecular complexity index is 681. The molecule has 1 aromatic heterocycles. The van der Waals surface area contributed by atoms with Gasteiger partial charge in [0.25, 0.3) is 5.91 Å². The summed E-state index contributed by atoms with van der Waals surface area (Å²) in [4.78, 5) is 16.3. The lowest BCUT2D eigenvalue weighted by atomic mass is 10.2. The number of benzene rings is 1. The molecule has 1 aromatic carbocycles. The second-order valence-corrected chi connectivity index (χ2v) is 4.86. The Morgan fingerprint density at radius 2 is 2.09 bits per heavy atom. The van der Waals surface area contributed by atoms with E-state index in [-0.39, 0.29) is 5.91 Å². The van der Waals surface area contributed by atoms with E-state index in [1.165, 1.54) is 0 Å². The van der Waals surface area contributed by atoms with Gasteiger partial charge in [-0.25, -0.2) is 4.98 Å². The van der Waals surface area contributed by atoms with Crippen LogP contribution in [0.3, 0.4) is 0 Å². The highest BCUT2D eigenvalue weighted by atomic mass is 35.5. The lowest BCUT2D eigenvalue weighted by molar-refractivity contribution is 0.102. The fraction of sp³-hybridized carbons (Fsp3) is 0.188. The molecule has 0 saturated carbocycles. The number of ether oxygens (including phenoxy) is 1. The molecule has 1 amide bonds. The number of pyridine rings is 1. The number of nitrogens with zero attached hydrogens (tertiary/aromatic N) is 2. The van der Waals surface area contributed by atoms with E-state index < -0.39 is 0 Å². The molecule has 0 aliphatic carbocycles. The van der Waals surface area contributed by atoms with Crippen LogP contribution in [-0.2, 0) is 0 Å². The van der Waals surface area contributed by atoms with Gasteiger partial charge in [0.2, 0.25) is 0 Å². The average molecular weight is 316 g/mol. The quantitative estimate of drug-likeness (QED) is 0.825. The third-order valence-corrected chi connectivity index (χ3v) is 3.05. The Kier molecular flexibility index (Phi) is 5.75. The minimum Gasteiger partial charge on any atom is -0.490 e. The Morgan fingerprint density at radius 3 is 2.82 bits per heavy atom. The van der Waals surface area contributed by atoms with Gasteiger partial charge in [-0.2, -0.15) is 5.26 Å². The fourth-order valence-corrected chi connectivity index (χ4v) is 1.84. The van der Waals surface area contributed by atoms with E-state index >= 15 is 0 Å². The maximum Gasteiger partial charge on any atom is 0.256 e. The van der Waals surface area contributed by atoms with Gasteiger partial charge in [0.1, 0.15) is 0 Å². The van der Waals surface area contributed by atoms with Gasteiger partial charge in [0.15, 0.2) is 11.6 Å². The molecule has 0 bridgehead atoms. The molecule has 2 aromatic rings. The van der Waals surface area contributed by atoms with Crippen molar-refractivity contribution in [1.82, 2.24) is 4.98 Å². The topological polar surface area (TPSA) is 75.0 Å². The van der Waals surface area contributed by atoms with Crippen molar-refractivity contribution in [2.45, 2.75) is 12.8 Å². The fourth-order valence-electron chi connectivity index (χ4n) is 1.72. The summed E-state index contributed by atoms with van der Waals surface area (Å²) >= 11 is 5.80. The second kappa shape index (κ2) is 8.01. The summed E-state index contributed by atoms with van der Waals surface area (Å²) in [5, 5.41) is 11.8. The number of carbonyl (C=O) groups is 1. The molecule has 2 rings (SSSR count). The van der Waals surface area contributed by atoms with E-state index in [9.17, 15) is 4.79 Å². The standard InChI is InChI=1S/C16H14ClN3O2/c17-13-7-5-12(6-8-13)16(21)20-15-14(4-3-10-19-15)22-11-2-1-9-18/h3-8,10H,1-2,11H2,(H,19,20,21). The van der Waals surface area contributed by atoms with Gasteiger partial charge in [-0.05, 0) is 42.8 Å². The molecule has 0 radical (unpaired) electrons. The predicted molar refractivity (Wildman–Crippen MR) is 84.0 cm³/mol. The summed E-state index contributed by atoms with van der Waals surface area (Å²) in [5.41, 5.74) is 0.477. The number of unbranched alkanes of at least 4 members (excludes halogenated alkanes) is 1. The van der Waals surface area contributed by atoms with Gasteiger partial charge < -0.3 is 10.1 Å². The van der Waals surface area contributed by atoms with Crippen LogP contribution in [0.5, 0.6) is 5.75 Å². The predicted octanol–water partition coefficient (Wildman–Crippen LogP) is 3.67. The highest BCUT2D eigenvalue weighted by molar-refractivity contribution is 6.30. The van der Waals surface area contributed by atoms with Crippen LogP contribution >= 0.6 is 11.6 Å². The summed E-state index contributed by atoms with van der Waals surface area (Å²) in [7, 11) is 0. The van der Waals surface area contributed by atoms with Crippen LogP contribution in [0, 0.1) is 11.3 Å². The molecule has 0 saturated heterocycles. The third kappa shape index (κ3) is 4.47. The molecule has 0 aliphatic heterocycles. The number of hydrogen-bond acceptors (Lipinski definition) is 4. The van der Waals surface area contributed by atoms with Crippen LogP contribution in [0.25, 0.3) is 0 Å². The lowest BCUT2D eigenvalue weighted by Crippen LogP contribution is -2.14. The molecular weight excluding hydrogens is 302 g/mol. The summed E-state index contributed by atoms with van der Waals surface area (Å²) in [6.45, 7) is 0.392. The zero-order valence-electron chi connectivity index (χ0n) is 11.8. The first-order valence-corrected chi connectivity index (χ1v) is 7.10. The first-order chi connectivity index (χ1) is 10.7. The van der Waals surface area contributed by atoms with Crippen LogP contribution < -0.4 is 10.1 Å². The number of amides is 1. The van der Waals surface area contributed by atoms with Gasteiger partial charge in [0.05, 0.1) is 12.7 Å². The smallest absolute Gasteiger partial charge is 0.256 e. The maximum absolute atomic E-state index is 12.2. The van der Waals surface area contributed by atoms with Gasteiger partial charge in [-0.3, -0.25) is 4.79 Å². The number of aromatic nitrogens is 1. The zero-order valence-corrected chi connectivity index (χ0v) is 12.5. The molecule has 0 fully saturated rings. The third-order valence-electron chi connectivity index (χ3n) is 2.80. The van der Waals surface area contributed by atoms with Crippen molar-refractivity contribution in [3.05, 3.63) is 53.2 Å². The summed E-state index contributed by atoms with van der Waals surface area (Å²) in [5.74, 6) is 0.527. The number of rotatable bonds is 6. The highest BCUT2D eigenvalue weighted by Crippen LogP contribution is 2.22. The SMILES string of the molecule is N#CCCCOc1cccnc1NC(=O)c1ccc(Cl)cc1. The number of hydrogen-bond donors (Lipinski definition) is 1. The van der Waals surface area contributed by atoms with Crippen molar-refractivity contribution in [1.29, 1.82) is 5.26 Å². The lowest BCUT2D eigenvalue weighted by Gasteiger charge is -2.11. The van der Waals surface area contributed by atoms with Crippen molar-refractivity contribution in [2.24, 2.45) is 0 Å². The zero-order chi connectivity index (χ0) is 15.8. The molecule has 0 unspecified atom stereocenters. The van der Waals surface area contributed by atoms with Gasteiger partial charge >= 0.3 is 0 Å². The molecular formula is C16H14ClN3O2. The van der Waals surface area contributed by atoms with Gasteiger partial charge in [-0.1, -0.05) is 11.6 Å². The first-order valence-electron chi connectivity index (χ1n) is 6.72. The van der Waals surface area contributed by atoms with Crippen molar-refractivity contribution in [3.8, 4) is 11.8 Å². The molecule has 22 heavy (non-hydrogen) atoms. The molecule has 6 heteroatoms. The minimum absolute atomic E-state index is 0.294. The van der Waals surface area contributed by atoms with Crippen LogP contribution in [-0.4, -0.2) is 17.5 Å². The van der Waals surface area contributed by atoms with Crippen molar-refractivity contribution < 1.29 is 9.53 Å². The number of anilines is 1. The van der Waals surface area contributed by atoms with Gasteiger partial charge in [-0.15, -0.1) is 0 Å². The second-order valence-electron chi connectivity index (χ2n) is 4.42. The Morgan fingerprint density at radius 1 is 1.32 bits per heavy atom. The summed E-state index contributed by atoms with van der Waals surface area (Å²) < 4.78 is 5.55.